The van der Waals surface area contributed by atoms with Gasteiger partial charge in [0.1, 0.15) is 6.04 Å². The van der Waals surface area contributed by atoms with Crippen molar-refractivity contribution < 1.29 is 24.3 Å². The summed E-state index contributed by atoms with van der Waals surface area (Å²) < 4.78 is 0. The number of hydrogen-bond donors (Lipinski definition) is 4. The third-order valence-corrected chi connectivity index (χ3v) is 3.15. The monoisotopic (exact) mass is 371 g/mol. The molecular formula is C16H29N5O5. The van der Waals surface area contributed by atoms with Crippen molar-refractivity contribution in [2.24, 2.45) is 11.7 Å². The topological polar surface area (TPSA) is 145 Å². The number of primary amides is 1. The quantitative estimate of drug-likeness (QED) is 0.301. The molecule has 0 spiro atoms. The van der Waals surface area contributed by atoms with Crippen molar-refractivity contribution in [2.45, 2.75) is 32.7 Å². The highest BCUT2D eigenvalue weighted by Crippen LogP contribution is 2.05. The molecule has 10 heteroatoms. The minimum absolute atomic E-state index is 0.0485. The van der Waals surface area contributed by atoms with E-state index in [-0.39, 0.29) is 25.3 Å². The largest absolute Gasteiger partial charge is 0.465 e. The first-order valence-electron chi connectivity index (χ1n) is 8.24. The summed E-state index contributed by atoms with van der Waals surface area (Å²) >= 11 is 0. The van der Waals surface area contributed by atoms with Crippen molar-refractivity contribution in [3.05, 3.63) is 12.2 Å². The van der Waals surface area contributed by atoms with Crippen LogP contribution in [0.4, 0.5) is 4.79 Å². The van der Waals surface area contributed by atoms with Crippen molar-refractivity contribution in [2.75, 3.05) is 27.2 Å². The van der Waals surface area contributed by atoms with Crippen molar-refractivity contribution in [1.82, 2.24) is 20.7 Å². The van der Waals surface area contributed by atoms with E-state index in [1.807, 2.05) is 32.8 Å². The number of carboxylic acid groups (broad SMARTS) is 1. The summed E-state index contributed by atoms with van der Waals surface area (Å²) in [6.07, 6.45) is 1.64. The molecule has 0 bridgehead atoms. The van der Waals surface area contributed by atoms with E-state index in [1.165, 1.54) is 6.08 Å². The number of likely N-dealkylation sites (N-methyl/N-ethyl adjacent to an activating group) is 1. The van der Waals surface area contributed by atoms with Gasteiger partial charge < -0.3 is 21.1 Å². The Morgan fingerprint density at radius 1 is 1.19 bits per heavy atom. The number of amides is 4. The lowest BCUT2D eigenvalue weighted by molar-refractivity contribution is -0.139. The second-order valence-electron chi connectivity index (χ2n) is 6.48. The predicted octanol–water partition coefficient (Wildman–Crippen LogP) is -0.478. The summed E-state index contributed by atoms with van der Waals surface area (Å²) in [6, 6.07) is -1.03. The Morgan fingerprint density at radius 3 is 2.27 bits per heavy atom. The van der Waals surface area contributed by atoms with Crippen LogP contribution in [0.5, 0.6) is 0 Å². The van der Waals surface area contributed by atoms with Gasteiger partial charge in [-0.1, -0.05) is 19.9 Å². The highest BCUT2D eigenvalue weighted by Gasteiger charge is 2.25. The molecule has 0 aliphatic heterocycles. The molecule has 0 rings (SSSR count). The molecule has 0 radical (unpaired) electrons. The van der Waals surface area contributed by atoms with Crippen LogP contribution in [0.25, 0.3) is 0 Å². The molecule has 0 heterocycles. The van der Waals surface area contributed by atoms with Gasteiger partial charge in [0.15, 0.2) is 0 Å². The lowest BCUT2D eigenvalue weighted by Crippen LogP contribution is -2.54. The van der Waals surface area contributed by atoms with E-state index >= 15 is 0 Å². The Kier molecular flexibility index (Phi) is 10.7. The maximum Gasteiger partial charge on any atom is 0.405 e. The summed E-state index contributed by atoms with van der Waals surface area (Å²) in [6.45, 7) is 4.07. The number of carbonyl (C=O) groups is 4. The number of hydrogen-bond acceptors (Lipinski definition) is 5. The molecule has 0 aromatic rings. The second kappa shape index (κ2) is 11.9. The van der Waals surface area contributed by atoms with Crippen LogP contribution in [0.15, 0.2) is 12.2 Å². The van der Waals surface area contributed by atoms with Crippen molar-refractivity contribution in [1.29, 1.82) is 0 Å². The smallest absolute Gasteiger partial charge is 0.405 e. The molecule has 0 aliphatic carbocycles. The average molecular weight is 371 g/mol. The van der Waals surface area contributed by atoms with Crippen LogP contribution in [0.1, 0.15) is 26.7 Å². The fraction of sp³-hybridized carbons (Fsp3) is 0.625. The molecule has 5 N–H and O–H groups in total. The lowest BCUT2D eigenvalue weighted by atomic mass is 10.0. The molecule has 0 saturated carbocycles. The molecule has 4 amide bonds. The van der Waals surface area contributed by atoms with Gasteiger partial charge in [0.25, 0.3) is 11.8 Å². The van der Waals surface area contributed by atoms with Crippen molar-refractivity contribution in [3.63, 3.8) is 0 Å². The zero-order valence-corrected chi connectivity index (χ0v) is 15.7. The Morgan fingerprint density at radius 2 is 1.81 bits per heavy atom. The molecule has 0 aromatic carbocycles. The van der Waals surface area contributed by atoms with Crippen molar-refractivity contribution in [3.8, 4) is 0 Å². The van der Waals surface area contributed by atoms with E-state index in [9.17, 15) is 19.2 Å². The van der Waals surface area contributed by atoms with Crippen LogP contribution in [0.2, 0.25) is 0 Å². The standard InChI is InChI=1S/C16H29N5O5/c1-11(2)10-12(18-16(25)26)15(24)19-21(9-7-13(17)22)14(23)6-5-8-20(3)4/h5-6,11-12,18H,7-10H2,1-4H3,(H2,17,22)(H,19,24)(H,25,26). The Bertz CT molecular complexity index is 533. The van der Waals surface area contributed by atoms with E-state index in [0.717, 1.165) is 5.01 Å². The summed E-state index contributed by atoms with van der Waals surface area (Å²) in [5.74, 6) is -1.80. The van der Waals surface area contributed by atoms with Crippen LogP contribution in [0, 0.1) is 5.92 Å². The second-order valence-corrected chi connectivity index (χ2v) is 6.48. The van der Waals surface area contributed by atoms with Gasteiger partial charge in [-0.2, -0.15) is 0 Å². The van der Waals surface area contributed by atoms with Crippen LogP contribution >= 0.6 is 0 Å². The zero-order chi connectivity index (χ0) is 20.3. The molecule has 10 nitrogen and oxygen atoms in total. The third-order valence-electron chi connectivity index (χ3n) is 3.15. The van der Waals surface area contributed by atoms with Crippen LogP contribution in [-0.4, -0.2) is 72.1 Å². The SMILES string of the molecule is CC(C)CC(NC(=O)O)C(=O)NN(CCC(N)=O)C(=O)C=CCN(C)C. The summed E-state index contributed by atoms with van der Waals surface area (Å²) in [7, 11) is 3.66. The molecule has 1 unspecified atom stereocenters. The molecule has 26 heavy (non-hydrogen) atoms. The maximum atomic E-state index is 12.4. The van der Waals surface area contributed by atoms with Crippen LogP contribution in [-0.2, 0) is 14.4 Å². The van der Waals surface area contributed by atoms with Crippen LogP contribution < -0.4 is 16.5 Å². The number of nitrogens with one attached hydrogen (secondary N) is 2. The first kappa shape index (κ1) is 23.4. The number of rotatable bonds is 10. The highest BCUT2D eigenvalue weighted by atomic mass is 16.4. The fourth-order valence-electron chi connectivity index (χ4n) is 1.96. The number of hydrazine groups is 1. The molecular weight excluding hydrogens is 342 g/mol. The van der Waals surface area contributed by atoms with Crippen molar-refractivity contribution >= 4 is 23.8 Å². The average Bonchev–Trinajstić information content (AvgIpc) is 2.48. The normalized spacial score (nSPS) is 12.2. The van der Waals surface area contributed by atoms with Gasteiger partial charge in [-0.05, 0) is 26.4 Å². The Balaban J connectivity index is 5.12. The lowest BCUT2D eigenvalue weighted by Gasteiger charge is -2.25. The highest BCUT2D eigenvalue weighted by molar-refractivity contribution is 5.92. The fourth-order valence-corrected chi connectivity index (χ4v) is 1.96. The molecule has 0 aliphatic rings. The van der Waals surface area contributed by atoms with E-state index in [2.05, 4.69) is 10.7 Å². The minimum atomic E-state index is -1.34. The Labute approximate surface area is 153 Å². The predicted molar refractivity (Wildman–Crippen MR) is 95.8 cm³/mol. The molecule has 0 fully saturated rings. The van der Waals surface area contributed by atoms with Gasteiger partial charge in [-0.15, -0.1) is 0 Å². The number of nitrogens with zero attached hydrogens (tertiary/aromatic N) is 2. The van der Waals surface area contributed by atoms with E-state index in [0.29, 0.717) is 6.54 Å². The molecule has 148 valence electrons. The van der Waals surface area contributed by atoms with E-state index < -0.39 is 29.9 Å². The molecule has 0 saturated heterocycles. The minimum Gasteiger partial charge on any atom is -0.465 e. The molecule has 1 atom stereocenters. The number of nitrogens with two attached hydrogens (primary N) is 1. The van der Waals surface area contributed by atoms with E-state index in [1.54, 1.807) is 6.08 Å². The van der Waals surface area contributed by atoms with E-state index in [4.69, 9.17) is 10.8 Å². The summed E-state index contributed by atoms with van der Waals surface area (Å²) in [5.41, 5.74) is 7.47. The van der Waals surface area contributed by atoms with Gasteiger partial charge in [0.05, 0.1) is 6.54 Å². The summed E-state index contributed by atoms with van der Waals surface area (Å²) in [4.78, 5) is 48.4. The first-order valence-corrected chi connectivity index (χ1v) is 8.24. The number of carbonyl (C=O) groups excluding carboxylic acids is 3. The molecule has 0 aromatic heterocycles. The van der Waals surface area contributed by atoms with Gasteiger partial charge in [-0.3, -0.25) is 19.8 Å². The Hall–Kier alpha value is -2.62. The van der Waals surface area contributed by atoms with Crippen LogP contribution in [0.3, 0.4) is 0 Å². The zero-order valence-electron chi connectivity index (χ0n) is 15.7. The van der Waals surface area contributed by atoms with Gasteiger partial charge >= 0.3 is 6.09 Å². The van der Waals surface area contributed by atoms with Gasteiger partial charge in [0, 0.05) is 19.0 Å². The summed E-state index contributed by atoms with van der Waals surface area (Å²) in [5, 5.41) is 12.0. The van der Waals surface area contributed by atoms with Gasteiger partial charge in [0.2, 0.25) is 5.91 Å². The maximum absolute atomic E-state index is 12.4. The van der Waals surface area contributed by atoms with Gasteiger partial charge in [-0.25, -0.2) is 9.80 Å². The third kappa shape index (κ3) is 11.0. The first-order chi connectivity index (χ1) is 12.0.